The SMILES string of the molecule is CCCC1=C(C(=O)OCC)[C@@H](c2c(OC)ccc3ccccc23)n2c(s/c(=C\c3ccc(OCC#N)cc3)c2=O)=N1. The lowest BCUT2D eigenvalue weighted by molar-refractivity contribution is -0.139. The van der Waals surface area contributed by atoms with E-state index in [9.17, 15) is 9.59 Å². The Labute approximate surface area is 241 Å². The maximum atomic E-state index is 14.1. The first-order valence-corrected chi connectivity index (χ1v) is 14.2. The predicted octanol–water partition coefficient (Wildman–Crippen LogP) is 4.64. The van der Waals surface area contributed by atoms with E-state index in [1.807, 2.05) is 61.5 Å². The van der Waals surface area contributed by atoms with Gasteiger partial charge >= 0.3 is 5.97 Å². The Bertz CT molecular complexity index is 1860. The summed E-state index contributed by atoms with van der Waals surface area (Å²) in [5, 5.41) is 10.6. The average molecular weight is 568 g/mol. The number of hydrogen-bond acceptors (Lipinski definition) is 8. The maximum absolute atomic E-state index is 14.1. The van der Waals surface area contributed by atoms with Crippen LogP contribution in [-0.2, 0) is 9.53 Å². The van der Waals surface area contributed by atoms with Crippen LogP contribution in [0.25, 0.3) is 16.8 Å². The van der Waals surface area contributed by atoms with Gasteiger partial charge in [0.15, 0.2) is 11.4 Å². The summed E-state index contributed by atoms with van der Waals surface area (Å²) in [5.41, 5.74) is 2.19. The third-order valence-electron chi connectivity index (χ3n) is 6.80. The number of esters is 1. The smallest absolute Gasteiger partial charge is 0.338 e. The van der Waals surface area contributed by atoms with Crippen molar-refractivity contribution in [1.82, 2.24) is 4.57 Å². The highest BCUT2D eigenvalue weighted by Crippen LogP contribution is 2.41. The van der Waals surface area contributed by atoms with Crippen molar-refractivity contribution in [2.24, 2.45) is 4.99 Å². The molecule has 3 aromatic carbocycles. The average Bonchev–Trinajstić information content (AvgIpc) is 3.29. The highest BCUT2D eigenvalue weighted by Gasteiger charge is 2.37. The van der Waals surface area contributed by atoms with Crippen molar-refractivity contribution in [3.8, 4) is 17.6 Å². The van der Waals surface area contributed by atoms with Gasteiger partial charge in [-0.05, 0) is 54.0 Å². The highest BCUT2D eigenvalue weighted by atomic mass is 32.1. The highest BCUT2D eigenvalue weighted by molar-refractivity contribution is 7.07. The number of allylic oxidation sites excluding steroid dienone is 1. The van der Waals surface area contributed by atoms with Gasteiger partial charge in [0, 0.05) is 5.56 Å². The van der Waals surface area contributed by atoms with Crippen molar-refractivity contribution in [3.63, 3.8) is 0 Å². The van der Waals surface area contributed by atoms with Gasteiger partial charge in [0.1, 0.15) is 23.6 Å². The molecule has 0 saturated heterocycles. The maximum Gasteiger partial charge on any atom is 0.338 e. The van der Waals surface area contributed by atoms with Crippen LogP contribution in [0.4, 0.5) is 0 Å². The molecule has 0 spiro atoms. The standard InChI is InChI=1S/C32H29N3O5S/c1-4-8-24-28(31(37)39-5-2)29(27-23-10-7-6-9-21(23)13-16-25(27)38-3)35-30(36)26(41-32(35)34-24)19-20-11-14-22(15-12-20)40-18-17-33/h6-7,9-16,19,29H,4-5,8,18H2,1-3H3/b26-19-/t29-/m1/s1. The minimum atomic E-state index is -0.795. The zero-order valence-electron chi connectivity index (χ0n) is 23.0. The monoisotopic (exact) mass is 567 g/mol. The first-order chi connectivity index (χ1) is 20.0. The van der Waals surface area contributed by atoms with Gasteiger partial charge in [0.2, 0.25) is 0 Å². The summed E-state index contributed by atoms with van der Waals surface area (Å²) in [6.07, 6.45) is 3.10. The Morgan fingerprint density at radius 3 is 2.61 bits per heavy atom. The van der Waals surface area contributed by atoms with Crippen molar-refractivity contribution >= 4 is 34.2 Å². The van der Waals surface area contributed by atoms with Crippen LogP contribution in [0.1, 0.15) is 43.9 Å². The quantitative estimate of drug-likeness (QED) is 0.273. The van der Waals surface area contributed by atoms with Crippen molar-refractivity contribution < 1.29 is 19.0 Å². The predicted molar refractivity (Wildman–Crippen MR) is 158 cm³/mol. The summed E-state index contributed by atoms with van der Waals surface area (Å²) >= 11 is 1.28. The summed E-state index contributed by atoms with van der Waals surface area (Å²) in [7, 11) is 1.59. The molecule has 0 saturated carbocycles. The minimum absolute atomic E-state index is 0.0432. The van der Waals surface area contributed by atoms with Gasteiger partial charge in [-0.3, -0.25) is 9.36 Å². The normalized spacial score (nSPS) is 14.8. The molecule has 0 radical (unpaired) electrons. The second-order valence-electron chi connectivity index (χ2n) is 9.33. The Kier molecular flexibility index (Phi) is 8.31. The summed E-state index contributed by atoms with van der Waals surface area (Å²) < 4.78 is 18.8. The second kappa shape index (κ2) is 12.2. The number of carbonyl (C=O) groups is 1. The Morgan fingerprint density at radius 1 is 1.12 bits per heavy atom. The van der Waals surface area contributed by atoms with Gasteiger partial charge in [-0.2, -0.15) is 5.26 Å². The molecule has 1 aromatic heterocycles. The molecule has 1 aliphatic rings. The Balaban J connectivity index is 1.79. The number of ether oxygens (including phenoxy) is 3. The van der Waals surface area contributed by atoms with E-state index >= 15 is 0 Å². The molecule has 0 aliphatic carbocycles. The van der Waals surface area contributed by atoms with E-state index in [-0.39, 0.29) is 18.8 Å². The molecule has 9 heteroatoms. The third-order valence-corrected chi connectivity index (χ3v) is 7.78. The molecule has 1 aliphatic heterocycles. The molecule has 0 fully saturated rings. The van der Waals surface area contributed by atoms with E-state index in [0.717, 1.165) is 22.8 Å². The van der Waals surface area contributed by atoms with Crippen molar-refractivity contribution in [1.29, 1.82) is 5.26 Å². The lowest BCUT2D eigenvalue weighted by Crippen LogP contribution is -2.40. The van der Waals surface area contributed by atoms with Gasteiger partial charge in [0.25, 0.3) is 5.56 Å². The molecule has 208 valence electrons. The van der Waals surface area contributed by atoms with E-state index < -0.39 is 12.0 Å². The Hall–Kier alpha value is -4.68. The van der Waals surface area contributed by atoms with Crippen molar-refractivity contribution in [3.05, 3.63) is 103 Å². The van der Waals surface area contributed by atoms with Gasteiger partial charge in [-0.15, -0.1) is 0 Å². The van der Waals surface area contributed by atoms with E-state index in [1.165, 1.54) is 11.3 Å². The number of hydrogen-bond donors (Lipinski definition) is 0. The topological polar surface area (TPSA) is 103 Å². The number of aromatic nitrogens is 1. The fourth-order valence-corrected chi connectivity index (χ4v) is 6.08. The largest absolute Gasteiger partial charge is 0.496 e. The summed E-state index contributed by atoms with van der Waals surface area (Å²) in [4.78, 5) is 33.1. The molecule has 5 rings (SSSR count). The second-order valence-corrected chi connectivity index (χ2v) is 10.3. The van der Waals surface area contributed by atoms with E-state index in [2.05, 4.69) is 0 Å². The zero-order valence-corrected chi connectivity index (χ0v) is 23.9. The van der Waals surface area contributed by atoms with Crippen LogP contribution in [0.3, 0.4) is 0 Å². The fraction of sp³-hybridized carbons (Fsp3) is 0.250. The number of fused-ring (bicyclic) bond motifs is 2. The number of methoxy groups -OCH3 is 1. The minimum Gasteiger partial charge on any atom is -0.496 e. The number of thiazole rings is 1. The van der Waals surface area contributed by atoms with Crippen LogP contribution in [0.2, 0.25) is 0 Å². The number of benzene rings is 3. The van der Waals surface area contributed by atoms with Crippen molar-refractivity contribution in [2.45, 2.75) is 32.7 Å². The molecular weight excluding hydrogens is 538 g/mol. The van der Waals surface area contributed by atoms with Gasteiger partial charge in [-0.25, -0.2) is 9.79 Å². The molecule has 0 unspecified atom stereocenters. The van der Waals surface area contributed by atoms with E-state index in [1.54, 1.807) is 36.8 Å². The molecule has 41 heavy (non-hydrogen) atoms. The van der Waals surface area contributed by atoms with E-state index in [4.69, 9.17) is 24.5 Å². The molecule has 0 amide bonds. The van der Waals surface area contributed by atoms with Gasteiger partial charge in [0.05, 0.1) is 29.5 Å². The first kappa shape index (κ1) is 27.9. The lowest BCUT2D eigenvalue weighted by atomic mass is 9.90. The molecule has 1 atom stereocenters. The number of nitrogens with zero attached hydrogens (tertiary/aromatic N) is 3. The fourth-order valence-electron chi connectivity index (χ4n) is 5.06. The summed E-state index contributed by atoms with van der Waals surface area (Å²) in [5.74, 6) is 0.634. The van der Waals surface area contributed by atoms with Crippen LogP contribution >= 0.6 is 11.3 Å². The van der Waals surface area contributed by atoms with Crippen LogP contribution in [0.15, 0.2) is 81.7 Å². The Morgan fingerprint density at radius 2 is 1.90 bits per heavy atom. The van der Waals surface area contributed by atoms with Crippen LogP contribution in [0, 0.1) is 11.3 Å². The molecule has 0 N–H and O–H groups in total. The van der Waals surface area contributed by atoms with Crippen LogP contribution < -0.4 is 24.4 Å². The molecule has 0 bridgehead atoms. The molecule has 2 heterocycles. The van der Waals surface area contributed by atoms with Crippen molar-refractivity contribution in [2.75, 3.05) is 20.3 Å². The van der Waals surface area contributed by atoms with Gasteiger partial charge < -0.3 is 14.2 Å². The third kappa shape index (κ3) is 5.39. The molecular formula is C32H29N3O5S. The van der Waals surface area contributed by atoms with Gasteiger partial charge in [-0.1, -0.05) is 67.1 Å². The zero-order chi connectivity index (χ0) is 28.9. The number of nitriles is 1. The lowest BCUT2D eigenvalue weighted by Gasteiger charge is -2.28. The summed E-state index contributed by atoms with van der Waals surface area (Å²) in [6, 6.07) is 20.0. The molecule has 8 nitrogen and oxygen atoms in total. The number of carbonyl (C=O) groups excluding carboxylic acids is 1. The van der Waals surface area contributed by atoms with Crippen LogP contribution in [0.5, 0.6) is 11.5 Å². The molecule has 4 aromatic rings. The van der Waals surface area contributed by atoms with Crippen LogP contribution in [-0.4, -0.2) is 30.9 Å². The summed E-state index contributed by atoms with van der Waals surface area (Å²) in [6.45, 7) is 3.94. The first-order valence-electron chi connectivity index (χ1n) is 13.4. The number of rotatable bonds is 9. The van der Waals surface area contributed by atoms with E-state index in [0.29, 0.717) is 44.1 Å².